The van der Waals surface area contributed by atoms with Gasteiger partial charge in [-0.1, -0.05) is 0 Å². The van der Waals surface area contributed by atoms with Gasteiger partial charge in [0.1, 0.15) is 17.1 Å². The molecule has 3 N–H and O–H groups in total. The SMILES string of the molecule is COc1ccc(CNc2nc3ccc(NCCCC(=O)OC(C)(C)C)cc3[nH]2)c(OC)c1. The van der Waals surface area contributed by atoms with Crippen molar-refractivity contribution in [2.24, 2.45) is 0 Å². The Balaban J connectivity index is 1.54. The fourth-order valence-corrected chi connectivity index (χ4v) is 3.24. The van der Waals surface area contributed by atoms with Crippen LogP contribution in [0, 0.1) is 0 Å². The monoisotopic (exact) mass is 440 g/mol. The lowest BCUT2D eigenvalue weighted by Crippen LogP contribution is -2.24. The number of methoxy groups -OCH3 is 2. The summed E-state index contributed by atoms with van der Waals surface area (Å²) in [4.78, 5) is 19.7. The zero-order chi connectivity index (χ0) is 23.1. The average Bonchev–Trinajstić information content (AvgIpc) is 3.16. The first kappa shape index (κ1) is 23.2. The zero-order valence-corrected chi connectivity index (χ0v) is 19.4. The Morgan fingerprint density at radius 2 is 1.88 bits per heavy atom. The van der Waals surface area contributed by atoms with Gasteiger partial charge in [0.05, 0.1) is 25.3 Å². The van der Waals surface area contributed by atoms with Gasteiger partial charge in [-0.05, 0) is 57.5 Å². The summed E-state index contributed by atoms with van der Waals surface area (Å²) in [5, 5.41) is 6.65. The highest BCUT2D eigenvalue weighted by molar-refractivity contribution is 5.81. The van der Waals surface area contributed by atoms with Crippen molar-refractivity contribution >= 4 is 28.6 Å². The van der Waals surface area contributed by atoms with Crippen LogP contribution in [0.3, 0.4) is 0 Å². The van der Waals surface area contributed by atoms with E-state index < -0.39 is 5.60 Å². The molecule has 32 heavy (non-hydrogen) atoms. The van der Waals surface area contributed by atoms with E-state index >= 15 is 0 Å². The third-order valence-electron chi connectivity index (χ3n) is 4.73. The Bertz CT molecular complexity index is 1060. The zero-order valence-electron chi connectivity index (χ0n) is 19.4. The van der Waals surface area contributed by atoms with Gasteiger partial charge < -0.3 is 29.8 Å². The van der Waals surface area contributed by atoms with Crippen LogP contribution in [0.2, 0.25) is 0 Å². The standard InChI is InChI=1S/C24H32N4O4/c1-24(2,3)32-22(29)7-6-12-25-17-9-11-19-20(13-17)28-23(27-19)26-15-16-8-10-18(30-4)14-21(16)31-5/h8-11,13-14,25H,6-7,12,15H2,1-5H3,(H2,26,27,28). The number of carbonyl (C=O) groups excluding carboxylic acids is 1. The second kappa shape index (κ2) is 10.3. The molecule has 1 aromatic heterocycles. The second-order valence-electron chi connectivity index (χ2n) is 8.47. The first-order valence-corrected chi connectivity index (χ1v) is 10.7. The lowest BCUT2D eigenvalue weighted by molar-refractivity contribution is -0.154. The maximum absolute atomic E-state index is 11.8. The van der Waals surface area contributed by atoms with Crippen LogP contribution in [0.1, 0.15) is 39.2 Å². The van der Waals surface area contributed by atoms with E-state index in [0.717, 1.165) is 33.8 Å². The van der Waals surface area contributed by atoms with Crippen LogP contribution < -0.4 is 20.1 Å². The summed E-state index contributed by atoms with van der Waals surface area (Å²) in [6.07, 6.45) is 1.09. The Kier molecular flexibility index (Phi) is 7.45. The molecular formula is C24H32N4O4. The molecule has 0 atom stereocenters. The molecule has 0 bridgehead atoms. The number of nitrogens with zero attached hydrogens (tertiary/aromatic N) is 1. The van der Waals surface area contributed by atoms with Crippen molar-refractivity contribution in [2.45, 2.75) is 45.8 Å². The van der Waals surface area contributed by atoms with Crippen molar-refractivity contribution in [3.8, 4) is 11.5 Å². The number of rotatable bonds is 10. The summed E-state index contributed by atoms with van der Waals surface area (Å²) in [5.41, 5.74) is 3.31. The number of fused-ring (bicyclic) bond motifs is 1. The van der Waals surface area contributed by atoms with E-state index in [9.17, 15) is 4.79 Å². The van der Waals surface area contributed by atoms with E-state index in [4.69, 9.17) is 14.2 Å². The number of H-pyrrole nitrogens is 1. The van der Waals surface area contributed by atoms with Crippen molar-refractivity contribution in [3.05, 3.63) is 42.0 Å². The smallest absolute Gasteiger partial charge is 0.306 e. The molecule has 0 amide bonds. The van der Waals surface area contributed by atoms with Gasteiger partial charge in [-0.25, -0.2) is 4.98 Å². The Labute approximate surface area is 188 Å². The largest absolute Gasteiger partial charge is 0.497 e. The average molecular weight is 441 g/mol. The molecule has 0 saturated carbocycles. The summed E-state index contributed by atoms with van der Waals surface area (Å²) >= 11 is 0. The highest BCUT2D eigenvalue weighted by atomic mass is 16.6. The van der Waals surface area contributed by atoms with Crippen molar-refractivity contribution in [1.29, 1.82) is 0 Å². The van der Waals surface area contributed by atoms with Crippen LogP contribution in [0.15, 0.2) is 36.4 Å². The number of nitrogens with one attached hydrogen (secondary N) is 3. The van der Waals surface area contributed by atoms with Gasteiger partial charge in [-0.15, -0.1) is 0 Å². The molecule has 172 valence electrons. The molecule has 0 fully saturated rings. The third kappa shape index (κ3) is 6.54. The molecule has 0 aliphatic rings. The highest BCUT2D eigenvalue weighted by Crippen LogP contribution is 2.26. The maximum Gasteiger partial charge on any atom is 0.306 e. The van der Waals surface area contributed by atoms with E-state index in [0.29, 0.717) is 31.9 Å². The van der Waals surface area contributed by atoms with Crippen LogP contribution in [0.5, 0.6) is 11.5 Å². The summed E-state index contributed by atoms with van der Waals surface area (Å²) in [7, 11) is 3.27. The van der Waals surface area contributed by atoms with Gasteiger partial charge in [0, 0.05) is 36.8 Å². The topological polar surface area (TPSA) is 97.5 Å². The first-order chi connectivity index (χ1) is 15.3. The normalized spacial score (nSPS) is 11.3. The fraction of sp³-hybridized carbons (Fsp3) is 0.417. The molecule has 2 aromatic carbocycles. The van der Waals surface area contributed by atoms with Gasteiger partial charge in [-0.2, -0.15) is 0 Å². The predicted octanol–water partition coefficient (Wildman–Crippen LogP) is 4.73. The second-order valence-corrected chi connectivity index (χ2v) is 8.47. The number of hydrogen-bond acceptors (Lipinski definition) is 7. The molecule has 0 radical (unpaired) electrons. The number of carbonyl (C=O) groups is 1. The van der Waals surface area contributed by atoms with E-state index in [1.807, 2.05) is 57.2 Å². The van der Waals surface area contributed by atoms with Gasteiger partial charge in [-0.3, -0.25) is 4.79 Å². The van der Waals surface area contributed by atoms with E-state index in [2.05, 4.69) is 20.6 Å². The maximum atomic E-state index is 11.8. The van der Waals surface area contributed by atoms with E-state index in [1.165, 1.54) is 0 Å². The quantitative estimate of drug-likeness (QED) is 0.310. The van der Waals surface area contributed by atoms with Crippen molar-refractivity contribution in [3.63, 3.8) is 0 Å². The Hall–Kier alpha value is -3.42. The van der Waals surface area contributed by atoms with Gasteiger partial charge in [0.2, 0.25) is 5.95 Å². The number of imidazole rings is 1. The third-order valence-corrected chi connectivity index (χ3v) is 4.73. The summed E-state index contributed by atoms with van der Waals surface area (Å²) in [6, 6.07) is 11.7. The number of hydrogen-bond donors (Lipinski definition) is 3. The minimum Gasteiger partial charge on any atom is -0.497 e. The molecule has 3 rings (SSSR count). The molecule has 0 aliphatic carbocycles. The van der Waals surface area contributed by atoms with Gasteiger partial charge in [0.25, 0.3) is 0 Å². The van der Waals surface area contributed by atoms with Gasteiger partial charge in [0.15, 0.2) is 0 Å². The van der Waals surface area contributed by atoms with E-state index in [1.54, 1.807) is 14.2 Å². The molecule has 0 saturated heterocycles. The van der Waals surface area contributed by atoms with Crippen LogP contribution >= 0.6 is 0 Å². The molecule has 0 unspecified atom stereocenters. The number of benzene rings is 2. The Morgan fingerprint density at radius 1 is 1.06 bits per heavy atom. The van der Waals surface area contributed by atoms with Crippen LogP contribution in [-0.4, -0.2) is 42.3 Å². The predicted molar refractivity (Wildman–Crippen MR) is 127 cm³/mol. The number of aromatic amines is 1. The molecule has 1 heterocycles. The summed E-state index contributed by atoms with van der Waals surface area (Å²) in [6.45, 7) is 6.86. The molecule has 0 spiro atoms. The number of anilines is 2. The molecule has 3 aromatic rings. The minimum absolute atomic E-state index is 0.174. The number of esters is 1. The Morgan fingerprint density at radius 3 is 2.59 bits per heavy atom. The van der Waals surface area contributed by atoms with Crippen LogP contribution in [0.25, 0.3) is 11.0 Å². The van der Waals surface area contributed by atoms with Crippen molar-refractivity contribution in [2.75, 3.05) is 31.4 Å². The lowest BCUT2D eigenvalue weighted by Gasteiger charge is -2.19. The molecule has 8 nitrogen and oxygen atoms in total. The molecular weight excluding hydrogens is 408 g/mol. The molecule has 0 aliphatic heterocycles. The number of ether oxygens (including phenoxy) is 3. The lowest BCUT2D eigenvalue weighted by atomic mass is 10.2. The van der Waals surface area contributed by atoms with Crippen LogP contribution in [-0.2, 0) is 16.1 Å². The van der Waals surface area contributed by atoms with Crippen LogP contribution in [0.4, 0.5) is 11.6 Å². The van der Waals surface area contributed by atoms with Crippen molar-refractivity contribution in [1.82, 2.24) is 9.97 Å². The molecule has 8 heteroatoms. The summed E-state index contributed by atoms with van der Waals surface area (Å²) in [5.74, 6) is 2.01. The van der Waals surface area contributed by atoms with Gasteiger partial charge >= 0.3 is 5.97 Å². The number of aromatic nitrogens is 2. The van der Waals surface area contributed by atoms with Crippen molar-refractivity contribution < 1.29 is 19.0 Å². The summed E-state index contributed by atoms with van der Waals surface area (Å²) < 4.78 is 16.0. The van der Waals surface area contributed by atoms with E-state index in [-0.39, 0.29) is 5.97 Å². The fourth-order valence-electron chi connectivity index (χ4n) is 3.24. The highest BCUT2D eigenvalue weighted by Gasteiger charge is 2.15. The minimum atomic E-state index is -0.444. The first-order valence-electron chi connectivity index (χ1n) is 10.7.